The van der Waals surface area contributed by atoms with E-state index in [2.05, 4.69) is 41.3 Å². The van der Waals surface area contributed by atoms with E-state index < -0.39 is 0 Å². The predicted molar refractivity (Wildman–Crippen MR) is 117 cm³/mol. The number of aromatic nitrogens is 1. The molecule has 158 valence electrons. The lowest BCUT2D eigenvalue weighted by atomic mass is 9.98. The third kappa shape index (κ3) is 5.62. The molecule has 1 aromatic heterocycles. The van der Waals surface area contributed by atoms with Gasteiger partial charge in [0.1, 0.15) is 5.82 Å². The number of carbonyl (C=O) groups excluding carboxylic acids is 1. The maximum absolute atomic E-state index is 13.7. The number of hydrogen-bond acceptors (Lipinski definition) is 5. The number of thiazole rings is 1. The highest BCUT2D eigenvalue weighted by Crippen LogP contribution is 2.26. The highest BCUT2D eigenvalue weighted by molar-refractivity contribution is 7.09. The molecule has 1 aromatic carbocycles. The Balaban J connectivity index is 1.49. The van der Waals surface area contributed by atoms with Crippen LogP contribution in [-0.4, -0.2) is 52.9 Å². The standard InChI is InChI=1S/C22H31FN4OS/c1-15-6-7-17(12-19(15)23)24-20(28)16(2)27-10-8-26(9-11-27)13-18-14-29-21(25-18)22(3,4)5/h6-7,12,14,16H,8-11,13H2,1-5H3,(H,24,28)/t16-/m1/s1. The minimum Gasteiger partial charge on any atom is -0.325 e. The van der Waals surface area contributed by atoms with Gasteiger partial charge in [0.2, 0.25) is 5.91 Å². The summed E-state index contributed by atoms with van der Waals surface area (Å²) >= 11 is 1.73. The number of aryl methyl sites for hydroxylation is 1. The largest absolute Gasteiger partial charge is 0.325 e. The van der Waals surface area contributed by atoms with Gasteiger partial charge in [-0.25, -0.2) is 9.37 Å². The monoisotopic (exact) mass is 418 g/mol. The van der Waals surface area contributed by atoms with Crippen LogP contribution in [0.2, 0.25) is 0 Å². The molecule has 0 aliphatic carbocycles. The minimum atomic E-state index is -0.305. The zero-order chi connectivity index (χ0) is 21.2. The summed E-state index contributed by atoms with van der Waals surface area (Å²) in [4.78, 5) is 21.9. The molecule has 7 heteroatoms. The number of rotatable bonds is 5. The van der Waals surface area contributed by atoms with Gasteiger partial charge in [-0.2, -0.15) is 0 Å². The smallest absolute Gasteiger partial charge is 0.241 e. The molecule has 1 aliphatic heterocycles. The van der Waals surface area contributed by atoms with Gasteiger partial charge in [-0.05, 0) is 31.5 Å². The maximum Gasteiger partial charge on any atom is 0.241 e. The lowest BCUT2D eigenvalue weighted by Gasteiger charge is -2.37. The molecule has 0 bridgehead atoms. The van der Waals surface area contributed by atoms with Crippen molar-refractivity contribution >= 4 is 22.9 Å². The summed E-state index contributed by atoms with van der Waals surface area (Å²) in [5, 5.41) is 6.16. The van der Waals surface area contributed by atoms with E-state index in [4.69, 9.17) is 4.98 Å². The van der Waals surface area contributed by atoms with Crippen LogP contribution < -0.4 is 5.32 Å². The molecule has 0 unspecified atom stereocenters. The van der Waals surface area contributed by atoms with Crippen LogP contribution in [-0.2, 0) is 16.8 Å². The quantitative estimate of drug-likeness (QED) is 0.796. The second kappa shape index (κ2) is 8.90. The molecule has 1 N–H and O–H groups in total. The summed E-state index contributed by atoms with van der Waals surface area (Å²) < 4.78 is 13.7. The van der Waals surface area contributed by atoms with Crippen LogP contribution >= 0.6 is 11.3 Å². The zero-order valence-corrected chi connectivity index (χ0v) is 18.8. The molecule has 3 rings (SSSR count). The van der Waals surface area contributed by atoms with Crippen LogP contribution in [0.15, 0.2) is 23.6 Å². The lowest BCUT2D eigenvalue weighted by molar-refractivity contribution is -0.121. The van der Waals surface area contributed by atoms with Gasteiger partial charge in [-0.3, -0.25) is 14.6 Å². The third-order valence-electron chi connectivity index (χ3n) is 5.35. The fraction of sp³-hybridized carbons (Fsp3) is 0.545. The van der Waals surface area contributed by atoms with E-state index in [-0.39, 0.29) is 23.2 Å². The van der Waals surface area contributed by atoms with Crippen LogP contribution in [0.4, 0.5) is 10.1 Å². The van der Waals surface area contributed by atoms with Crippen LogP contribution in [0.25, 0.3) is 0 Å². The molecule has 0 saturated carbocycles. The van der Waals surface area contributed by atoms with E-state index in [0.717, 1.165) is 38.4 Å². The highest BCUT2D eigenvalue weighted by Gasteiger charge is 2.26. The summed E-state index contributed by atoms with van der Waals surface area (Å²) in [5.41, 5.74) is 2.29. The Labute approximate surface area is 176 Å². The number of carbonyl (C=O) groups is 1. The normalized spacial score (nSPS) is 17.3. The molecule has 2 aromatic rings. The maximum atomic E-state index is 13.7. The fourth-order valence-corrected chi connectivity index (χ4v) is 4.24. The van der Waals surface area contributed by atoms with E-state index in [9.17, 15) is 9.18 Å². The van der Waals surface area contributed by atoms with Gasteiger partial charge in [-0.15, -0.1) is 11.3 Å². The summed E-state index contributed by atoms with van der Waals surface area (Å²) in [6.07, 6.45) is 0. The summed E-state index contributed by atoms with van der Waals surface area (Å²) in [6, 6.07) is 4.53. The number of nitrogens with one attached hydrogen (secondary N) is 1. The molecule has 2 heterocycles. The van der Waals surface area contributed by atoms with Crippen molar-refractivity contribution in [3.8, 4) is 0 Å². The highest BCUT2D eigenvalue weighted by atomic mass is 32.1. The Kier molecular flexibility index (Phi) is 6.71. The van der Waals surface area contributed by atoms with Gasteiger partial charge in [0.15, 0.2) is 0 Å². The number of benzene rings is 1. The molecular formula is C22H31FN4OS. The molecule has 1 aliphatic rings. The average Bonchev–Trinajstić information content (AvgIpc) is 3.14. The molecule has 29 heavy (non-hydrogen) atoms. The van der Waals surface area contributed by atoms with Gasteiger partial charge in [0.25, 0.3) is 0 Å². The van der Waals surface area contributed by atoms with Gasteiger partial charge in [0, 0.05) is 49.2 Å². The first-order chi connectivity index (χ1) is 13.6. The first-order valence-electron chi connectivity index (χ1n) is 10.1. The van der Waals surface area contributed by atoms with Crippen LogP contribution in [0, 0.1) is 12.7 Å². The minimum absolute atomic E-state index is 0.0881. The number of anilines is 1. The van der Waals surface area contributed by atoms with Crippen molar-refractivity contribution in [1.82, 2.24) is 14.8 Å². The number of piperazine rings is 1. The second-order valence-electron chi connectivity index (χ2n) is 8.84. The topological polar surface area (TPSA) is 48.5 Å². The molecular weight excluding hydrogens is 387 g/mol. The number of nitrogens with zero attached hydrogens (tertiary/aromatic N) is 3. The average molecular weight is 419 g/mol. The van der Waals surface area contributed by atoms with Crippen molar-refractivity contribution in [2.75, 3.05) is 31.5 Å². The Bertz CT molecular complexity index is 853. The van der Waals surface area contributed by atoms with Crippen LogP contribution in [0.1, 0.15) is 44.0 Å². The van der Waals surface area contributed by atoms with Crippen LogP contribution in [0.5, 0.6) is 0 Å². The summed E-state index contributed by atoms with van der Waals surface area (Å²) in [7, 11) is 0. The lowest BCUT2D eigenvalue weighted by Crippen LogP contribution is -2.52. The van der Waals surface area contributed by atoms with Crippen LogP contribution in [0.3, 0.4) is 0 Å². The molecule has 1 atom stereocenters. The van der Waals surface area contributed by atoms with Crippen molar-refractivity contribution in [2.24, 2.45) is 0 Å². The van der Waals surface area contributed by atoms with Gasteiger partial charge < -0.3 is 5.32 Å². The molecule has 1 amide bonds. The second-order valence-corrected chi connectivity index (χ2v) is 9.69. The van der Waals surface area contributed by atoms with Crippen molar-refractivity contribution < 1.29 is 9.18 Å². The van der Waals surface area contributed by atoms with E-state index in [1.54, 1.807) is 30.4 Å². The Morgan fingerprint density at radius 2 is 1.97 bits per heavy atom. The number of halogens is 1. The van der Waals surface area contributed by atoms with Crippen molar-refractivity contribution in [3.63, 3.8) is 0 Å². The fourth-order valence-electron chi connectivity index (χ4n) is 3.35. The summed E-state index contributed by atoms with van der Waals surface area (Å²) in [6.45, 7) is 14.5. The molecule has 1 fully saturated rings. The Morgan fingerprint density at radius 3 is 2.55 bits per heavy atom. The predicted octanol–water partition coefficient (Wildman–Crippen LogP) is 4.03. The van der Waals surface area contributed by atoms with Crippen molar-refractivity contribution in [3.05, 3.63) is 45.7 Å². The van der Waals surface area contributed by atoms with E-state index in [0.29, 0.717) is 11.3 Å². The SMILES string of the molecule is Cc1ccc(NC(=O)[C@@H](C)N2CCN(Cc3csc(C(C)(C)C)n3)CC2)cc1F. The molecule has 0 spiro atoms. The van der Waals surface area contributed by atoms with Crippen molar-refractivity contribution in [2.45, 2.75) is 52.6 Å². The first kappa shape index (κ1) is 21.9. The van der Waals surface area contributed by atoms with Gasteiger partial charge in [0.05, 0.1) is 16.7 Å². The van der Waals surface area contributed by atoms with Gasteiger partial charge in [-0.1, -0.05) is 26.8 Å². The van der Waals surface area contributed by atoms with Crippen molar-refractivity contribution in [1.29, 1.82) is 0 Å². The molecule has 0 radical (unpaired) electrons. The van der Waals surface area contributed by atoms with E-state index >= 15 is 0 Å². The first-order valence-corrected chi connectivity index (χ1v) is 11.0. The van der Waals surface area contributed by atoms with E-state index in [1.165, 1.54) is 11.1 Å². The van der Waals surface area contributed by atoms with Gasteiger partial charge >= 0.3 is 0 Å². The Hall–Kier alpha value is -1.83. The zero-order valence-electron chi connectivity index (χ0n) is 18.0. The number of hydrogen-bond donors (Lipinski definition) is 1. The summed E-state index contributed by atoms with van der Waals surface area (Å²) in [5.74, 6) is -0.406. The number of amides is 1. The van der Waals surface area contributed by atoms with E-state index in [1.807, 2.05) is 6.92 Å². The third-order valence-corrected chi connectivity index (χ3v) is 6.67. The molecule has 1 saturated heterocycles. The Morgan fingerprint density at radius 1 is 1.28 bits per heavy atom. The molecule has 5 nitrogen and oxygen atoms in total.